The lowest BCUT2D eigenvalue weighted by atomic mass is 10.0. The molecule has 0 amide bonds. The van der Waals surface area contributed by atoms with Crippen LogP contribution in [0.25, 0.3) is 0 Å². The second-order valence-electron chi connectivity index (χ2n) is 5.14. The molecule has 0 unspecified atom stereocenters. The highest BCUT2D eigenvalue weighted by Gasteiger charge is 2.23. The largest absolute Gasteiger partial charge is 0.496 e. The van der Waals surface area contributed by atoms with Gasteiger partial charge in [-0.05, 0) is 13.8 Å². The summed E-state index contributed by atoms with van der Waals surface area (Å²) < 4.78 is 24.9. The molecule has 20 heavy (non-hydrogen) atoms. The number of ether oxygens (including phenoxy) is 2. The Hall–Kier alpha value is -1.33. The first-order valence-electron chi connectivity index (χ1n) is 6.92. The summed E-state index contributed by atoms with van der Waals surface area (Å²) in [6, 6.07) is 0. The molecule has 112 valence electrons. The first-order chi connectivity index (χ1) is 9.60. The Balaban J connectivity index is 2.41. The summed E-state index contributed by atoms with van der Waals surface area (Å²) in [6.07, 6.45) is 0. The van der Waals surface area contributed by atoms with E-state index in [2.05, 4.69) is 10.2 Å². The lowest BCUT2D eigenvalue weighted by Crippen LogP contribution is -2.43. The van der Waals surface area contributed by atoms with Crippen LogP contribution in [-0.4, -0.2) is 45.3 Å². The van der Waals surface area contributed by atoms with Crippen molar-refractivity contribution in [2.45, 2.75) is 20.4 Å². The quantitative estimate of drug-likeness (QED) is 0.914. The number of piperazine rings is 1. The molecule has 1 fully saturated rings. The van der Waals surface area contributed by atoms with E-state index >= 15 is 0 Å². The third-order valence-electron chi connectivity index (χ3n) is 3.94. The Morgan fingerprint density at radius 1 is 1.05 bits per heavy atom. The molecular weight excluding hydrogens is 259 g/mol. The molecule has 1 aliphatic heterocycles. The Kier molecular flexibility index (Phi) is 4.83. The molecular formula is C15H23FN2O2. The third kappa shape index (κ3) is 2.74. The van der Waals surface area contributed by atoms with Crippen LogP contribution in [0.3, 0.4) is 0 Å². The van der Waals surface area contributed by atoms with Gasteiger partial charge in [-0.1, -0.05) is 0 Å². The number of rotatable bonds is 4. The Morgan fingerprint density at radius 3 is 2.20 bits per heavy atom. The Morgan fingerprint density at radius 2 is 1.65 bits per heavy atom. The Bertz CT molecular complexity index is 485. The lowest BCUT2D eigenvalue weighted by Gasteiger charge is -2.29. The molecule has 0 radical (unpaired) electrons. The number of hydrogen-bond donors (Lipinski definition) is 1. The highest BCUT2D eigenvalue weighted by molar-refractivity contribution is 5.54. The SMILES string of the molecule is COc1c(C)c(CN2CCNCC2)c(OC)c(C)c1F. The molecule has 0 saturated carbocycles. The van der Waals surface area contributed by atoms with Crippen LogP contribution in [-0.2, 0) is 6.54 Å². The van der Waals surface area contributed by atoms with Gasteiger partial charge in [0.2, 0.25) is 0 Å². The van der Waals surface area contributed by atoms with Gasteiger partial charge in [0, 0.05) is 49.4 Å². The van der Waals surface area contributed by atoms with Gasteiger partial charge in [-0.2, -0.15) is 0 Å². The molecule has 0 spiro atoms. The first kappa shape index (κ1) is 15.1. The average Bonchev–Trinajstić information content (AvgIpc) is 2.47. The minimum atomic E-state index is -0.328. The van der Waals surface area contributed by atoms with Crippen molar-refractivity contribution in [3.05, 3.63) is 22.5 Å². The van der Waals surface area contributed by atoms with Gasteiger partial charge in [-0.3, -0.25) is 4.90 Å². The van der Waals surface area contributed by atoms with Crippen LogP contribution in [0.4, 0.5) is 4.39 Å². The van der Waals surface area contributed by atoms with E-state index in [1.54, 1.807) is 14.0 Å². The molecule has 1 N–H and O–H groups in total. The summed E-state index contributed by atoms with van der Waals surface area (Å²) in [7, 11) is 3.10. The number of nitrogens with one attached hydrogen (secondary N) is 1. The van der Waals surface area contributed by atoms with Crippen molar-refractivity contribution in [2.75, 3.05) is 40.4 Å². The van der Waals surface area contributed by atoms with Gasteiger partial charge in [0.1, 0.15) is 5.75 Å². The zero-order chi connectivity index (χ0) is 14.7. The maximum absolute atomic E-state index is 14.2. The maximum Gasteiger partial charge on any atom is 0.171 e. The molecule has 0 aliphatic carbocycles. The fraction of sp³-hybridized carbons (Fsp3) is 0.600. The van der Waals surface area contributed by atoms with Crippen LogP contribution >= 0.6 is 0 Å². The van der Waals surface area contributed by atoms with Crippen molar-refractivity contribution in [3.8, 4) is 11.5 Å². The summed E-state index contributed by atoms with van der Waals surface area (Å²) >= 11 is 0. The predicted molar refractivity (Wildman–Crippen MR) is 77.1 cm³/mol. The molecule has 2 rings (SSSR count). The Labute approximate surface area is 119 Å². The lowest BCUT2D eigenvalue weighted by molar-refractivity contribution is 0.228. The van der Waals surface area contributed by atoms with E-state index in [1.165, 1.54) is 7.11 Å². The van der Waals surface area contributed by atoms with Gasteiger partial charge >= 0.3 is 0 Å². The number of methoxy groups -OCH3 is 2. The van der Waals surface area contributed by atoms with E-state index in [0.717, 1.165) is 43.9 Å². The second kappa shape index (κ2) is 6.41. The molecule has 4 nitrogen and oxygen atoms in total. The van der Waals surface area contributed by atoms with Gasteiger partial charge in [0.25, 0.3) is 0 Å². The van der Waals surface area contributed by atoms with Crippen molar-refractivity contribution in [1.82, 2.24) is 10.2 Å². The fourth-order valence-electron chi connectivity index (χ4n) is 2.77. The minimum Gasteiger partial charge on any atom is -0.496 e. The number of nitrogens with zero attached hydrogens (tertiary/aromatic N) is 1. The highest BCUT2D eigenvalue weighted by Crippen LogP contribution is 2.37. The zero-order valence-corrected chi connectivity index (χ0v) is 12.7. The standard InChI is InChI=1S/C15H23FN2O2/c1-10-12(9-18-7-5-17-6-8-18)14(19-3)11(2)13(16)15(10)20-4/h17H,5-9H2,1-4H3. The number of hydrogen-bond acceptors (Lipinski definition) is 4. The topological polar surface area (TPSA) is 33.7 Å². The van der Waals surface area contributed by atoms with Gasteiger partial charge in [-0.25, -0.2) is 4.39 Å². The van der Waals surface area contributed by atoms with E-state index in [-0.39, 0.29) is 5.82 Å². The molecule has 1 aromatic carbocycles. The molecule has 5 heteroatoms. The summed E-state index contributed by atoms with van der Waals surface area (Å²) in [5.41, 5.74) is 2.36. The van der Waals surface area contributed by atoms with Gasteiger partial charge < -0.3 is 14.8 Å². The van der Waals surface area contributed by atoms with Gasteiger partial charge in [0.05, 0.1) is 14.2 Å². The van der Waals surface area contributed by atoms with E-state index in [1.807, 2.05) is 6.92 Å². The number of benzene rings is 1. The van der Waals surface area contributed by atoms with E-state index < -0.39 is 0 Å². The summed E-state index contributed by atoms with van der Waals surface area (Å²) in [4.78, 5) is 2.35. The van der Waals surface area contributed by atoms with Crippen molar-refractivity contribution in [3.63, 3.8) is 0 Å². The van der Waals surface area contributed by atoms with Crippen LogP contribution < -0.4 is 14.8 Å². The van der Waals surface area contributed by atoms with Crippen molar-refractivity contribution >= 4 is 0 Å². The molecule has 1 aliphatic rings. The molecule has 0 atom stereocenters. The van der Waals surface area contributed by atoms with Crippen LogP contribution in [0.1, 0.15) is 16.7 Å². The van der Waals surface area contributed by atoms with Crippen molar-refractivity contribution in [1.29, 1.82) is 0 Å². The van der Waals surface area contributed by atoms with Crippen LogP contribution in [0.15, 0.2) is 0 Å². The van der Waals surface area contributed by atoms with E-state index in [4.69, 9.17) is 9.47 Å². The fourth-order valence-corrected chi connectivity index (χ4v) is 2.77. The van der Waals surface area contributed by atoms with E-state index in [0.29, 0.717) is 17.1 Å². The molecule has 0 bridgehead atoms. The van der Waals surface area contributed by atoms with Crippen LogP contribution in [0.5, 0.6) is 11.5 Å². The number of halogens is 1. The highest BCUT2D eigenvalue weighted by atomic mass is 19.1. The zero-order valence-electron chi connectivity index (χ0n) is 12.7. The monoisotopic (exact) mass is 282 g/mol. The van der Waals surface area contributed by atoms with Crippen molar-refractivity contribution < 1.29 is 13.9 Å². The molecule has 1 saturated heterocycles. The maximum atomic E-state index is 14.2. The smallest absolute Gasteiger partial charge is 0.171 e. The molecule has 0 aromatic heterocycles. The molecule has 1 aromatic rings. The second-order valence-corrected chi connectivity index (χ2v) is 5.14. The van der Waals surface area contributed by atoms with Gasteiger partial charge in [0.15, 0.2) is 11.6 Å². The van der Waals surface area contributed by atoms with Gasteiger partial charge in [-0.15, -0.1) is 0 Å². The van der Waals surface area contributed by atoms with Crippen LogP contribution in [0, 0.1) is 19.7 Å². The first-order valence-corrected chi connectivity index (χ1v) is 6.92. The summed E-state index contributed by atoms with van der Waals surface area (Å²) in [6.45, 7) is 8.33. The minimum absolute atomic E-state index is 0.327. The normalized spacial score (nSPS) is 16.2. The van der Waals surface area contributed by atoms with E-state index in [9.17, 15) is 4.39 Å². The summed E-state index contributed by atoms with van der Waals surface area (Å²) in [5, 5.41) is 3.33. The predicted octanol–water partition coefficient (Wildman–Crippen LogP) is 1.86. The molecule has 1 heterocycles. The van der Waals surface area contributed by atoms with Crippen LogP contribution in [0.2, 0.25) is 0 Å². The third-order valence-corrected chi connectivity index (χ3v) is 3.94. The summed E-state index contributed by atoms with van der Waals surface area (Å²) in [5.74, 6) is 0.638. The average molecular weight is 282 g/mol. The van der Waals surface area contributed by atoms with Crippen molar-refractivity contribution in [2.24, 2.45) is 0 Å².